The van der Waals surface area contributed by atoms with Crippen molar-refractivity contribution in [1.29, 1.82) is 0 Å². The van der Waals surface area contributed by atoms with Gasteiger partial charge >= 0.3 is 0 Å². The number of anilines is 4. The highest BCUT2D eigenvalue weighted by Crippen LogP contribution is 2.40. The predicted octanol–water partition coefficient (Wildman–Crippen LogP) is 4.61. The van der Waals surface area contributed by atoms with Crippen molar-refractivity contribution in [2.24, 2.45) is 0 Å². The van der Waals surface area contributed by atoms with E-state index >= 15 is 0 Å². The zero-order valence-electron chi connectivity index (χ0n) is 27.0. The average Bonchev–Trinajstić information content (AvgIpc) is 3.59. The summed E-state index contributed by atoms with van der Waals surface area (Å²) in [6, 6.07) is 5.05. The molecule has 0 radical (unpaired) electrons. The van der Waals surface area contributed by atoms with E-state index in [1.165, 1.54) is 13.5 Å². The molecule has 0 bridgehead atoms. The van der Waals surface area contributed by atoms with Crippen LogP contribution in [0.3, 0.4) is 0 Å². The normalized spacial score (nSPS) is 19.1. The van der Waals surface area contributed by atoms with Crippen molar-refractivity contribution in [3.8, 4) is 5.75 Å². The lowest BCUT2D eigenvalue weighted by Gasteiger charge is -2.43. The third-order valence-corrected chi connectivity index (χ3v) is 8.09. The van der Waals surface area contributed by atoms with Crippen molar-refractivity contribution < 1.29 is 19.4 Å². The lowest BCUT2D eigenvalue weighted by atomic mass is 10.0. The van der Waals surface area contributed by atoms with Gasteiger partial charge in [0.2, 0.25) is 11.9 Å². The van der Waals surface area contributed by atoms with Gasteiger partial charge in [-0.1, -0.05) is 45.8 Å². The quantitative estimate of drug-likeness (QED) is 0.245. The molecule has 1 fully saturated rings. The summed E-state index contributed by atoms with van der Waals surface area (Å²) < 4.78 is 5.53. The van der Waals surface area contributed by atoms with Crippen LogP contribution in [0, 0.1) is 0 Å². The first kappa shape index (κ1) is 35.2. The molecule has 5 rings (SSSR count). The number of aliphatic hydroxyl groups is 1. The maximum atomic E-state index is 13.1. The maximum absolute atomic E-state index is 13.1. The molecule has 3 heterocycles. The molecule has 44 heavy (non-hydrogen) atoms. The predicted molar refractivity (Wildman–Crippen MR) is 181 cm³/mol. The van der Waals surface area contributed by atoms with E-state index in [9.17, 15) is 14.7 Å². The van der Waals surface area contributed by atoms with Crippen molar-refractivity contribution in [2.45, 2.75) is 83.6 Å². The summed E-state index contributed by atoms with van der Waals surface area (Å²) >= 11 is 0. The second-order valence-electron chi connectivity index (χ2n) is 11.1. The number of ether oxygens (including phenoxy) is 1. The number of rotatable bonds is 8. The van der Waals surface area contributed by atoms with Crippen molar-refractivity contribution in [3.63, 3.8) is 0 Å². The highest BCUT2D eigenvalue weighted by atomic mass is 31.0. The Morgan fingerprint density at radius 1 is 1.25 bits per heavy atom. The van der Waals surface area contributed by atoms with E-state index < -0.39 is 5.28 Å². The van der Waals surface area contributed by atoms with Crippen LogP contribution in [0.25, 0.3) is 0 Å². The molecule has 0 spiro atoms. The third-order valence-electron chi connectivity index (χ3n) is 7.77. The summed E-state index contributed by atoms with van der Waals surface area (Å²) in [5.41, 5.74) is 1.69. The van der Waals surface area contributed by atoms with Gasteiger partial charge in [0.15, 0.2) is 5.82 Å². The summed E-state index contributed by atoms with van der Waals surface area (Å²) in [5.74, 6) is 1.32. The van der Waals surface area contributed by atoms with Crippen molar-refractivity contribution in [1.82, 2.24) is 20.6 Å². The SMILES string of the molecule is C1=CCNCC1.CC.CCC1C(=O)N(C)c2cnc(Nc3ccc(C(=O)NC(C)(P)CO)cc3OC)nc2N1C1CCCC1. The molecule has 1 aromatic carbocycles. The number of hydrogen-bond donors (Lipinski definition) is 4. The Kier molecular flexibility index (Phi) is 13.4. The Labute approximate surface area is 264 Å². The van der Waals surface area contributed by atoms with Gasteiger partial charge in [-0.3, -0.25) is 9.59 Å². The van der Waals surface area contributed by atoms with Crippen LogP contribution >= 0.6 is 9.24 Å². The highest BCUT2D eigenvalue weighted by molar-refractivity contribution is 7.19. The first-order valence-electron chi connectivity index (χ1n) is 15.6. The fourth-order valence-electron chi connectivity index (χ4n) is 5.44. The minimum absolute atomic E-state index is 0.0690. The Morgan fingerprint density at radius 3 is 2.52 bits per heavy atom. The molecule has 1 saturated carbocycles. The number of carbonyl (C=O) groups excluding carboxylic acids is 2. The molecule has 1 aromatic heterocycles. The third kappa shape index (κ3) is 8.67. The van der Waals surface area contributed by atoms with Gasteiger partial charge in [0.1, 0.15) is 17.5 Å². The van der Waals surface area contributed by atoms with E-state index in [4.69, 9.17) is 9.72 Å². The summed E-state index contributed by atoms with van der Waals surface area (Å²) in [5, 5.41) is 17.8. The zero-order valence-corrected chi connectivity index (χ0v) is 28.2. The molecule has 2 aliphatic heterocycles. The summed E-state index contributed by atoms with van der Waals surface area (Å²) in [7, 11) is 5.73. The van der Waals surface area contributed by atoms with Gasteiger partial charge in [-0.15, -0.1) is 9.24 Å². The van der Waals surface area contributed by atoms with Crippen LogP contribution in [-0.4, -0.2) is 78.1 Å². The monoisotopic (exact) mass is 627 g/mol. The largest absolute Gasteiger partial charge is 0.495 e. The molecule has 3 unspecified atom stereocenters. The van der Waals surface area contributed by atoms with E-state index in [0.29, 0.717) is 35.1 Å². The lowest BCUT2D eigenvalue weighted by molar-refractivity contribution is -0.120. The van der Waals surface area contributed by atoms with Gasteiger partial charge in [0, 0.05) is 25.2 Å². The van der Waals surface area contributed by atoms with Crippen LogP contribution in [0.2, 0.25) is 0 Å². The van der Waals surface area contributed by atoms with E-state index in [1.54, 1.807) is 43.3 Å². The minimum atomic E-state index is -0.825. The average molecular weight is 628 g/mol. The standard InChI is InChI=1S/C25H35N6O4P.C5H9N.C2H6/c1-5-18-23(34)30(3)19-13-26-24(28-21(19)31(18)16-8-6-7-9-16)27-17-11-10-15(12-20(17)35-4)22(33)29-25(2,36)14-32;1-2-4-6-5-3-1;1-2/h10-13,16,18,32H,5-9,14,36H2,1-4H3,(H,29,33)(H,26,27,28);1-2,6H,3-5H2;1-2H3. The topological polar surface area (TPSA) is 132 Å². The number of carbonyl (C=O) groups is 2. The molecular formula is C32H50N7O4P. The van der Waals surface area contributed by atoms with Gasteiger partial charge in [0.05, 0.1) is 30.9 Å². The van der Waals surface area contributed by atoms with Crippen LogP contribution in [0.15, 0.2) is 36.5 Å². The van der Waals surface area contributed by atoms with E-state index in [0.717, 1.165) is 44.6 Å². The first-order valence-corrected chi connectivity index (χ1v) is 16.2. The number of aromatic nitrogens is 2. The van der Waals surface area contributed by atoms with Crippen molar-refractivity contribution >= 4 is 44.2 Å². The van der Waals surface area contributed by atoms with Crippen LogP contribution in [0.1, 0.15) is 76.6 Å². The summed E-state index contributed by atoms with van der Waals surface area (Å²) in [6.45, 7) is 9.76. The Balaban J connectivity index is 0.000000582. The lowest BCUT2D eigenvalue weighted by Crippen LogP contribution is -2.55. The highest BCUT2D eigenvalue weighted by Gasteiger charge is 2.41. The maximum Gasteiger partial charge on any atom is 0.252 e. The molecule has 2 aromatic rings. The molecule has 3 aliphatic rings. The zero-order chi connectivity index (χ0) is 32.3. The van der Waals surface area contributed by atoms with E-state index in [-0.39, 0.29) is 30.5 Å². The smallest absolute Gasteiger partial charge is 0.252 e. The number of likely N-dealkylation sites (N-methyl/N-ethyl adjacent to an activating group) is 1. The molecule has 2 amide bonds. The Morgan fingerprint density at radius 2 is 1.98 bits per heavy atom. The molecule has 12 heteroatoms. The Bertz CT molecular complexity index is 1280. The van der Waals surface area contributed by atoms with Crippen molar-refractivity contribution in [2.75, 3.05) is 49.0 Å². The molecule has 1 aliphatic carbocycles. The van der Waals surface area contributed by atoms with Crippen LogP contribution in [0.4, 0.5) is 23.1 Å². The number of methoxy groups -OCH3 is 1. The van der Waals surface area contributed by atoms with E-state index in [2.05, 4.69) is 47.2 Å². The van der Waals surface area contributed by atoms with E-state index in [1.807, 2.05) is 20.8 Å². The van der Waals surface area contributed by atoms with Gasteiger partial charge in [-0.05, 0) is 57.4 Å². The molecule has 3 atom stereocenters. The van der Waals surface area contributed by atoms with Gasteiger partial charge < -0.3 is 35.6 Å². The number of nitrogens with zero attached hydrogens (tertiary/aromatic N) is 4. The first-order chi connectivity index (χ1) is 21.2. The number of amides is 2. The number of aliphatic hydroxyl groups excluding tert-OH is 1. The van der Waals surface area contributed by atoms with Crippen LogP contribution in [-0.2, 0) is 4.79 Å². The summed E-state index contributed by atoms with van der Waals surface area (Å²) in [6.07, 6.45) is 12.3. The number of fused-ring (bicyclic) bond motifs is 1. The number of benzene rings is 1. The van der Waals surface area contributed by atoms with Gasteiger partial charge in [0.25, 0.3) is 5.91 Å². The van der Waals surface area contributed by atoms with Gasteiger partial charge in [-0.25, -0.2) is 4.98 Å². The second-order valence-corrected chi connectivity index (χ2v) is 12.4. The molecule has 11 nitrogen and oxygen atoms in total. The molecular weight excluding hydrogens is 577 g/mol. The Hall–Kier alpha value is -3.27. The molecule has 0 saturated heterocycles. The van der Waals surface area contributed by atoms with Gasteiger partial charge in [-0.2, -0.15) is 4.98 Å². The second kappa shape index (κ2) is 16.7. The number of nitrogens with one attached hydrogen (secondary N) is 3. The van der Waals surface area contributed by atoms with Crippen LogP contribution in [0.5, 0.6) is 5.75 Å². The molecule has 4 N–H and O–H groups in total. The fraction of sp³-hybridized carbons (Fsp3) is 0.562. The fourth-order valence-corrected chi connectivity index (χ4v) is 5.57. The van der Waals surface area contributed by atoms with Crippen LogP contribution < -0.4 is 30.5 Å². The van der Waals surface area contributed by atoms with Crippen molar-refractivity contribution in [3.05, 3.63) is 42.1 Å². The summed E-state index contributed by atoms with van der Waals surface area (Å²) in [4.78, 5) is 38.9. The number of hydrogen-bond acceptors (Lipinski definition) is 9. The minimum Gasteiger partial charge on any atom is -0.495 e. The molecule has 242 valence electrons.